The first-order valence-electron chi connectivity index (χ1n) is 5.94. The van der Waals surface area contributed by atoms with Crippen LogP contribution in [0.15, 0.2) is 30.3 Å². The zero-order valence-corrected chi connectivity index (χ0v) is 8.86. The molecule has 0 saturated heterocycles. The molecule has 3 rings (SSSR count). The number of hydrogen-bond acceptors (Lipinski definition) is 1. The molecule has 0 aliphatic heterocycles. The molecule has 2 aliphatic carbocycles. The first-order valence-corrected chi connectivity index (χ1v) is 5.94. The number of fused-ring (bicyclic) bond motifs is 2. The summed E-state index contributed by atoms with van der Waals surface area (Å²) in [6.07, 6.45) is 5.11. The van der Waals surface area contributed by atoms with E-state index in [4.69, 9.17) is 0 Å². The lowest BCUT2D eigenvalue weighted by Crippen LogP contribution is -2.20. The van der Waals surface area contributed by atoms with E-state index in [0.717, 1.165) is 17.9 Å². The number of carbonyl (C=O) groups excluding carboxylic acids is 1. The van der Waals surface area contributed by atoms with Crippen LogP contribution in [-0.4, -0.2) is 5.78 Å². The van der Waals surface area contributed by atoms with Crippen LogP contribution in [0.4, 0.5) is 0 Å². The van der Waals surface area contributed by atoms with E-state index in [1.54, 1.807) is 0 Å². The molecule has 1 aromatic rings. The maximum atomic E-state index is 12.2. The number of rotatable bonds is 2. The van der Waals surface area contributed by atoms with Gasteiger partial charge in [0.1, 0.15) is 0 Å². The molecule has 0 radical (unpaired) electrons. The number of hydrogen-bond donors (Lipinski definition) is 0. The first-order chi connectivity index (χ1) is 7.34. The van der Waals surface area contributed by atoms with Crippen molar-refractivity contribution in [3.8, 4) is 0 Å². The van der Waals surface area contributed by atoms with Crippen LogP contribution in [0.25, 0.3) is 0 Å². The molecule has 1 aromatic carbocycles. The Hall–Kier alpha value is -1.11. The first kappa shape index (κ1) is 9.14. The van der Waals surface area contributed by atoms with Crippen molar-refractivity contribution in [2.45, 2.75) is 25.7 Å². The topological polar surface area (TPSA) is 17.1 Å². The summed E-state index contributed by atoms with van der Waals surface area (Å²) >= 11 is 0. The van der Waals surface area contributed by atoms with Gasteiger partial charge in [0.25, 0.3) is 0 Å². The monoisotopic (exact) mass is 200 g/mol. The van der Waals surface area contributed by atoms with Crippen molar-refractivity contribution in [3.63, 3.8) is 0 Å². The third kappa shape index (κ3) is 1.50. The highest BCUT2D eigenvalue weighted by molar-refractivity contribution is 5.98. The third-order valence-corrected chi connectivity index (χ3v) is 4.13. The second-order valence-corrected chi connectivity index (χ2v) is 5.01. The number of benzene rings is 1. The van der Waals surface area contributed by atoms with Gasteiger partial charge < -0.3 is 0 Å². The van der Waals surface area contributed by atoms with E-state index >= 15 is 0 Å². The Morgan fingerprint density at radius 3 is 2.47 bits per heavy atom. The summed E-state index contributed by atoms with van der Waals surface area (Å²) < 4.78 is 0. The molecular weight excluding hydrogens is 184 g/mol. The molecule has 3 unspecified atom stereocenters. The molecule has 0 amide bonds. The van der Waals surface area contributed by atoms with Crippen LogP contribution < -0.4 is 0 Å². The number of ketones is 1. The molecule has 1 nitrogen and oxygen atoms in total. The molecule has 2 fully saturated rings. The Morgan fingerprint density at radius 1 is 1.07 bits per heavy atom. The summed E-state index contributed by atoms with van der Waals surface area (Å²) in [5.41, 5.74) is 0.912. The van der Waals surface area contributed by atoms with Crippen LogP contribution in [0.2, 0.25) is 0 Å². The van der Waals surface area contributed by atoms with Crippen molar-refractivity contribution in [2.75, 3.05) is 0 Å². The van der Waals surface area contributed by atoms with E-state index in [0.29, 0.717) is 17.6 Å². The Morgan fingerprint density at radius 2 is 1.87 bits per heavy atom. The maximum Gasteiger partial charge on any atom is 0.166 e. The molecule has 0 heterocycles. The molecule has 78 valence electrons. The number of carbonyl (C=O) groups is 1. The van der Waals surface area contributed by atoms with Gasteiger partial charge in [-0.1, -0.05) is 36.8 Å². The van der Waals surface area contributed by atoms with Crippen LogP contribution in [0.5, 0.6) is 0 Å². The molecule has 0 spiro atoms. The minimum Gasteiger partial charge on any atom is -0.294 e. The second kappa shape index (κ2) is 3.48. The van der Waals surface area contributed by atoms with Gasteiger partial charge in [0.15, 0.2) is 5.78 Å². The van der Waals surface area contributed by atoms with Crippen LogP contribution >= 0.6 is 0 Å². The Labute approximate surface area is 90.5 Å². The smallest absolute Gasteiger partial charge is 0.166 e. The van der Waals surface area contributed by atoms with E-state index < -0.39 is 0 Å². The van der Waals surface area contributed by atoms with Gasteiger partial charge in [-0.2, -0.15) is 0 Å². The average molecular weight is 200 g/mol. The van der Waals surface area contributed by atoms with Crippen LogP contribution in [0.3, 0.4) is 0 Å². The van der Waals surface area contributed by atoms with Gasteiger partial charge in [-0.05, 0) is 31.1 Å². The summed E-state index contributed by atoms with van der Waals surface area (Å²) in [6, 6.07) is 9.79. The van der Waals surface area contributed by atoms with Gasteiger partial charge in [0.05, 0.1) is 0 Å². The molecule has 2 aliphatic rings. The van der Waals surface area contributed by atoms with E-state index in [1.165, 1.54) is 19.3 Å². The summed E-state index contributed by atoms with van der Waals surface area (Å²) in [4.78, 5) is 12.2. The SMILES string of the molecule is O=C(c1ccccc1)C1CC2CCC1C2. The fraction of sp³-hybridized carbons (Fsp3) is 0.500. The molecule has 0 N–H and O–H groups in total. The lowest BCUT2D eigenvalue weighted by atomic mass is 9.83. The minimum absolute atomic E-state index is 0.339. The van der Waals surface area contributed by atoms with Crippen molar-refractivity contribution < 1.29 is 4.79 Å². The van der Waals surface area contributed by atoms with E-state index in [-0.39, 0.29) is 0 Å². The third-order valence-electron chi connectivity index (χ3n) is 4.13. The summed E-state index contributed by atoms with van der Waals surface area (Å²) in [6.45, 7) is 0. The predicted octanol–water partition coefficient (Wildman–Crippen LogP) is 3.31. The molecule has 2 saturated carbocycles. The Balaban J connectivity index is 1.81. The Bertz CT molecular complexity index is 368. The van der Waals surface area contributed by atoms with Crippen molar-refractivity contribution in [1.29, 1.82) is 0 Å². The predicted molar refractivity (Wildman–Crippen MR) is 59.7 cm³/mol. The van der Waals surface area contributed by atoms with Crippen LogP contribution in [-0.2, 0) is 0 Å². The van der Waals surface area contributed by atoms with E-state index in [9.17, 15) is 4.79 Å². The fourth-order valence-electron chi connectivity index (χ4n) is 3.38. The van der Waals surface area contributed by atoms with Crippen molar-refractivity contribution in [3.05, 3.63) is 35.9 Å². The zero-order chi connectivity index (χ0) is 10.3. The van der Waals surface area contributed by atoms with Gasteiger partial charge in [0, 0.05) is 11.5 Å². The molecule has 15 heavy (non-hydrogen) atoms. The highest BCUT2D eigenvalue weighted by Crippen LogP contribution is 2.49. The van der Waals surface area contributed by atoms with Gasteiger partial charge in [-0.15, -0.1) is 0 Å². The summed E-state index contributed by atoms with van der Waals surface area (Å²) in [7, 11) is 0. The Kier molecular flexibility index (Phi) is 2.12. The lowest BCUT2D eigenvalue weighted by Gasteiger charge is -2.20. The van der Waals surface area contributed by atoms with Gasteiger partial charge >= 0.3 is 0 Å². The molecule has 1 heteroatoms. The number of Topliss-reactive ketones (excluding diaryl/α,β-unsaturated/α-hetero) is 1. The fourth-order valence-corrected chi connectivity index (χ4v) is 3.38. The minimum atomic E-state index is 0.339. The van der Waals surface area contributed by atoms with E-state index in [2.05, 4.69) is 0 Å². The average Bonchev–Trinajstić information content (AvgIpc) is 2.91. The normalized spacial score (nSPS) is 33.2. The summed E-state index contributed by atoms with van der Waals surface area (Å²) in [5, 5.41) is 0. The van der Waals surface area contributed by atoms with Crippen LogP contribution in [0.1, 0.15) is 36.0 Å². The van der Waals surface area contributed by atoms with Crippen molar-refractivity contribution >= 4 is 5.78 Å². The molecule has 2 bridgehead atoms. The standard InChI is InChI=1S/C14H16O/c15-14(11-4-2-1-3-5-11)13-9-10-6-7-12(13)8-10/h1-5,10,12-13H,6-9H2. The van der Waals surface area contributed by atoms with Gasteiger partial charge in [-0.3, -0.25) is 4.79 Å². The maximum absolute atomic E-state index is 12.2. The van der Waals surface area contributed by atoms with Crippen molar-refractivity contribution in [1.82, 2.24) is 0 Å². The lowest BCUT2D eigenvalue weighted by molar-refractivity contribution is 0.0875. The highest BCUT2D eigenvalue weighted by Gasteiger charge is 2.42. The largest absolute Gasteiger partial charge is 0.294 e. The molecular formula is C14H16O. The van der Waals surface area contributed by atoms with Gasteiger partial charge in [-0.25, -0.2) is 0 Å². The second-order valence-electron chi connectivity index (χ2n) is 5.01. The quantitative estimate of drug-likeness (QED) is 0.669. The molecule has 0 aromatic heterocycles. The summed E-state index contributed by atoms with van der Waals surface area (Å²) in [5.74, 6) is 2.28. The van der Waals surface area contributed by atoms with Gasteiger partial charge in [0.2, 0.25) is 0 Å². The highest BCUT2D eigenvalue weighted by atomic mass is 16.1. The molecule has 3 atom stereocenters. The van der Waals surface area contributed by atoms with Crippen LogP contribution in [0, 0.1) is 17.8 Å². The zero-order valence-electron chi connectivity index (χ0n) is 8.86. The van der Waals surface area contributed by atoms with Crippen molar-refractivity contribution in [2.24, 2.45) is 17.8 Å². The van der Waals surface area contributed by atoms with E-state index in [1.807, 2.05) is 30.3 Å².